The first-order valence-electron chi connectivity index (χ1n) is 5.88. The molecule has 2 rings (SSSR count). The lowest BCUT2D eigenvalue weighted by Gasteiger charge is -2.23. The van der Waals surface area contributed by atoms with E-state index < -0.39 is 0 Å². The van der Waals surface area contributed by atoms with Gasteiger partial charge in [-0.25, -0.2) is 0 Å². The molecule has 1 aromatic carbocycles. The molecule has 0 aliphatic carbocycles. The van der Waals surface area contributed by atoms with Crippen molar-refractivity contribution in [2.75, 3.05) is 38.1 Å². The zero-order valence-corrected chi connectivity index (χ0v) is 11.6. The normalized spacial score (nSPS) is 17.9. The Balaban J connectivity index is 2.20. The maximum atomic E-state index is 10.9. The number of aldehydes is 1. The lowest BCUT2D eigenvalue weighted by Crippen LogP contribution is -2.28. The van der Waals surface area contributed by atoms with Crippen molar-refractivity contribution < 1.29 is 4.79 Å². The Labute approximate surface area is 111 Å². The van der Waals surface area contributed by atoms with Gasteiger partial charge in [0.05, 0.1) is 0 Å². The first-order valence-corrected chi connectivity index (χ1v) is 6.67. The zero-order valence-electron chi connectivity index (χ0n) is 10.0. The minimum atomic E-state index is 0.729. The Morgan fingerprint density at radius 1 is 1.18 bits per heavy atom. The van der Waals surface area contributed by atoms with Crippen molar-refractivity contribution in [1.82, 2.24) is 4.90 Å². The fourth-order valence-corrected chi connectivity index (χ4v) is 2.65. The van der Waals surface area contributed by atoms with Crippen molar-refractivity contribution in [3.05, 3.63) is 28.2 Å². The van der Waals surface area contributed by atoms with Crippen molar-refractivity contribution >= 4 is 27.9 Å². The molecule has 1 saturated heterocycles. The molecule has 3 nitrogen and oxygen atoms in total. The second-order valence-corrected chi connectivity index (χ2v) is 5.42. The van der Waals surface area contributed by atoms with E-state index in [0.717, 1.165) is 48.2 Å². The summed E-state index contributed by atoms with van der Waals surface area (Å²) in [6.45, 7) is 4.29. The summed E-state index contributed by atoms with van der Waals surface area (Å²) in [7, 11) is 2.15. The van der Waals surface area contributed by atoms with Gasteiger partial charge in [0.15, 0.2) is 0 Å². The van der Waals surface area contributed by atoms with Crippen LogP contribution in [0.25, 0.3) is 0 Å². The van der Waals surface area contributed by atoms with E-state index in [1.54, 1.807) is 0 Å². The van der Waals surface area contributed by atoms with Crippen LogP contribution in [0.15, 0.2) is 22.7 Å². The number of carbonyl (C=O) groups excluding carboxylic acids is 1. The van der Waals surface area contributed by atoms with Gasteiger partial charge in [-0.3, -0.25) is 4.79 Å². The molecule has 0 amide bonds. The van der Waals surface area contributed by atoms with Crippen molar-refractivity contribution in [2.24, 2.45) is 0 Å². The molecule has 4 heteroatoms. The third-order valence-electron chi connectivity index (χ3n) is 3.13. The molecule has 0 spiro atoms. The number of carbonyl (C=O) groups is 1. The highest BCUT2D eigenvalue weighted by molar-refractivity contribution is 9.10. The van der Waals surface area contributed by atoms with Gasteiger partial charge in [-0.2, -0.15) is 0 Å². The molecule has 0 atom stereocenters. The van der Waals surface area contributed by atoms with E-state index >= 15 is 0 Å². The Kier molecular flexibility index (Phi) is 4.18. The summed E-state index contributed by atoms with van der Waals surface area (Å²) in [5, 5.41) is 0. The Hall–Kier alpha value is -0.870. The number of hydrogen-bond donors (Lipinski definition) is 0. The van der Waals surface area contributed by atoms with Crippen LogP contribution in [0.5, 0.6) is 0 Å². The van der Waals surface area contributed by atoms with Crippen LogP contribution in [0, 0.1) is 0 Å². The van der Waals surface area contributed by atoms with Crippen LogP contribution in [0.3, 0.4) is 0 Å². The van der Waals surface area contributed by atoms with Crippen molar-refractivity contribution in [3.8, 4) is 0 Å². The minimum absolute atomic E-state index is 0.729. The lowest BCUT2D eigenvalue weighted by atomic mass is 10.2. The topological polar surface area (TPSA) is 23.6 Å². The molecule has 0 bridgehead atoms. The third-order valence-corrected chi connectivity index (χ3v) is 3.58. The maximum Gasteiger partial charge on any atom is 0.150 e. The van der Waals surface area contributed by atoms with Crippen LogP contribution in [0.1, 0.15) is 16.8 Å². The standard InChI is InChI=1S/C13H17BrN2O/c1-15-3-2-4-16(6-5-15)13-8-11(10-17)7-12(14)9-13/h7-10H,2-6H2,1H3. The molecule has 1 aromatic rings. The lowest BCUT2D eigenvalue weighted by molar-refractivity contribution is 0.112. The molecule has 1 aliphatic heterocycles. The predicted octanol–water partition coefficient (Wildman–Crippen LogP) is 2.40. The minimum Gasteiger partial charge on any atom is -0.370 e. The van der Waals surface area contributed by atoms with Gasteiger partial charge >= 0.3 is 0 Å². The van der Waals surface area contributed by atoms with Crippen LogP contribution in [-0.2, 0) is 0 Å². The molecule has 0 aromatic heterocycles. The van der Waals surface area contributed by atoms with Crippen molar-refractivity contribution in [1.29, 1.82) is 0 Å². The second kappa shape index (κ2) is 5.65. The van der Waals surface area contributed by atoms with Gasteiger partial charge in [0.2, 0.25) is 0 Å². The molecule has 0 unspecified atom stereocenters. The zero-order chi connectivity index (χ0) is 12.3. The van der Waals surface area contributed by atoms with Crippen molar-refractivity contribution in [3.63, 3.8) is 0 Å². The SMILES string of the molecule is CN1CCCN(c2cc(Br)cc(C=O)c2)CC1. The van der Waals surface area contributed by atoms with Gasteiger partial charge in [-0.1, -0.05) is 15.9 Å². The van der Waals surface area contributed by atoms with Crippen LogP contribution in [-0.4, -0.2) is 44.4 Å². The smallest absolute Gasteiger partial charge is 0.150 e. The molecular formula is C13H17BrN2O. The third kappa shape index (κ3) is 3.30. The number of likely N-dealkylation sites (N-methyl/N-ethyl adjacent to an activating group) is 1. The maximum absolute atomic E-state index is 10.9. The van der Waals surface area contributed by atoms with Gasteiger partial charge in [0.1, 0.15) is 6.29 Å². The molecule has 1 heterocycles. The first-order chi connectivity index (χ1) is 8.19. The van der Waals surface area contributed by atoms with Gasteiger partial charge < -0.3 is 9.80 Å². The summed E-state index contributed by atoms with van der Waals surface area (Å²) >= 11 is 3.46. The summed E-state index contributed by atoms with van der Waals surface area (Å²) < 4.78 is 0.967. The van der Waals surface area contributed by atoms with E-state index in [1.165, 1.54) is 6.42 Å². The number of rotatable bonds is 2. The van der Waals surface area contributed by atoms with Crippen LogP contribution >= 0.6 is 15.9 Å². The molecule has 0 radical (unpaired) electrons. The van der Waals surface area contributed by atoms with Gasteiger partial charge in [-0.05, 0) is 38.2 Å². The highest BCUT2D eigenvalue weighted by Crippen LogP contribution is 2.23. The fraction of sp³-hybridized carbons (Fsp3) is 0.462. The molecule has 92 valence electrons. The number of anilines is 1. The van der Waals surface area contributed by atoms with E-state index in [4.69, 9.17) is 0 Å². The number of hydrogen-bond acceptors (Lipinski definition) is 3. The monoisotopic (exact) mass is 296 g/mol. The predicted molar refractivity (Wildman–Crippen MR) is 73.9 cm³/mol. The fourth-order valence-electron chi connectivity index (χ4n) is 2.15. The molecule has 1 aliphatic rings. The highest BCUT2D eigenvalue weighted by Gasteiger charge is 2.13. The summed E-state index contributed by atoms with van der Waals surface area (Å²) in [4.78, 5) is 15.6. The van der Waals surface area contributed by atoms with Crippen LogP contribution < -0.4 is 4.90 Å². The largest absolute Gasteiger partial charge is 0.370 e. The van der Waals surface area contributed by atoms with Crippen LogP contribution in [0.4, 0.5) is 5.69 Å². The van der Waals surface area contributed by atoms with Gasteiger partial charge in [0.25, 0.3) is 0 Å². The van der Waals surface area contributed by atoms with E-state index in [9.17, 15) is 4.79 Å². The molecule has 0 saturated carbocycles. The summed E-state index contributed by atoms with van der Waals surface area (Å²) in [6.07, 6.45) is 2.07. The molecule has 17 heavy (non-hydrogen) atoms. The Bertz CT molecular complexity index is 408. The summed E-state index contributed by atoms with van der Waals surface area (Å²) in [6, 6.07) is 5.89. The number of benzene rings is 1. The average molecular weight is 297 g/mol. The number of nitrogens with zero attached hydrogens (tertiary/aromatic N) is 2. The molecular weight excluding hydrogens is 280 g/mol. The summed E-state index contributed by atoms with van der Waals surface area (Å²) in [5.41, 5.74) is 1.86. The Morgan fingerprint density at radius 2 is 2.00 bits per heavy atom. The van der Waals surface area contributed by atoms with E-state index in [-0.39, 0.29) is 0 Å². The summed E-state index contributed by atoms with van der Waals surface area (Å²) in [5.74, 6) is 0. The van der Waals surface area contributed by atoms with Crippen molar-refractivity contribution in [2.45, 2.75) is 6.42 Å². The van der Waals surface area contributed by atoms with Crippen LogP contribution in [0.2, 0.25) is 0 Å². The molecule has 1 fully saturated rings. The molecule has 0 N–H and O–H groups in total. The van der Waals surface area contributed by atoms with E-state index in [0.29, 0.717) is 0 Å². The van der Waals surface area contributed by atoms with Gasteiger partial charge in [0, 0.05) is 35.4 Å². The Morgan fingerprint density at radius 3 is 2.76 bits per heavy atom. The van der Waals surface area contributed by atoms with E-state index in [1.807, 2.05) is 12.1 Å². The first kappa shape index (κ1) is 12.6. The average Bonchev–Trinajstić information content (AvgIpc) is 2.53. The van der Waals surface area contributed by atoms with Gasteiger partial charge in [-0.15, -0.1) is 0 Å². The highest BCUT2D eigenvalue weighted by atomic mass is 79.9. The second-order valence-electron chi connectivity index (χ2n) is 4.50. The quantitative estimate of drug-likeness (QED) is 0.783. The number of halogens is 1. The van der Waals surface area contributed by atoms with E-state index in [2.05, 4.69) is 38.8 Å².